The maximum absolute atomic E-state index is 13.6. The summed E-state index contributed by atoms with van der Waals surface area (Å²) < 4.78 is 51.0. The molecule has 0 bridgehead atoms. The number of halogens is 1. The number of ether oxygens (including phenoxy) is 2. The third-order valence-corrected chi connectivity index (χ3v) is 5.79. The standard InChI is InChI=1S/C20H23FN2O6S/c1-23(2)18(13-6-5-7-16(21)9-13)12-22-30(26,27)17-10-14(19(24)28-3)8-15(11-17)20(25)29-4/h5-11,18,22H,12H2,1-4H3. The van der Waals surface area contributed by atoms with Gasteiger partial charge in [-0.25, -0.2) is 27.1 Å². The number of methoxy groups -OCH3 is 2. The van der Waals surface area contributed by atoms with Crippen LogP contribution < -0.4 is 4.72 Å². The van der Waals surface area contributed by atoms with Crippen LogP contribution in [0, 0.1) is 5.82 Å². The Morgan fingerprint density at radius 3 is 2.07 bits per heavy atom. The number of hydrogen-bond acceptors (Lipinski definition) is 7. The molecule has 0 fully saturated rings. The predicted octanol–water partition coefficient (Wildman–Crippen LogP) is 1.98. The summed E-state index contributed by atoms with van der Waals surface area (Å²) in [7, 11) is 1.62. The number of carbonyl (C=O) groups excluding carboxylic acids is 2. The van der Waals surface area contributed by atoms with Crippen LogP contribution >= 0.6 is 0 Å². The number of nitrogens with zero attached hydrogens (tertiary/aromatic N) is 1. The summed E-state index contributed by atoms with van der Waals surface area (Å²) in [6.45, 7) is -0.0746. The van der Waals surface area contributed by atoms with Crippen molar-refractivity contribution in [2.24, 2.45) is 0 Å². The van der Waals surface area contributed by atoms with Gasteiger partial charge in [-0.1, -0.05) is 12.1 Å². The zero-order chi connectivity index (χ0) is 22.5. The second kappa shape index (κ2) is 9.79. The lowest BCUT2D eigenvalue weighted by Gasteiger charge is -2.25. The van der Waals surface area contributed by atoms with Crippen molar-refractivity contribution >= 4 is 22.0 Å². The molecule has 0 aliphatic rings. The highest BCUT2D eigenvalue weighted by atomic mass is 32.2. The van der Waals surface area contributed by atoms with Crippen LogP contribution in [0.2, 0.25) is 0 Å². The molecule has 0 amide bonds. The van der Waals surface area contributed by atoms with Crippen LogP contribution in [0.25, 0.3) is 0 Å². The van der Waals surface area contributed by atoms with E-state index in [9.17, 15) is 22.4 Å². The lowest BCUT2D eigenvalue weighted by atomic mass is 10.1. The Bertz CT molecular complexity index is 1010. The van der Waals surface area contributed by atoms with Crippen molar-refractivity contribution < 1.29 is 31.9 Å². The lowest BCUT2D eigenvalue weighted by Crippen LogP contribution is -2.34. The fourth-order valence-corrected chi connectivity index (χ4v) is 3.92. The number of likely N-dealkylation sites (N-methyl/N-ethyl adjacent to an activating group) is 1. The molecular weight excluding hydrogens is 415 g/mol. The van der Waals surface area contributed by atoms with Crippen molar-refractivity contribution in [3.05, 3.63) is 65.0 Å². The van der Waals surface area contributed by atoms with E-state index in [0.717, 1.165) is 26.4 Å². The normalized spacial score (nSPS) is 12.5. The topological polar surface area (TPSA) is 102 Å². The van der Waals surface area contributed by atoms with E-state index in [1.165, 1.54) is 24.3 Å². The van der Waals surface area contributed by atoms with E-state index in [-0.39, 0.29) is 22.6 Å². The van der Waals surface area contributed by atoms with Crippen LogP contribution in [-0.2, 0) is 19.5 Å². The molecule has 2 aromatic rings. The van der Waals surface area contributed by atoms with Crippen LogP contribution in [0.3, 0.4) is 0 Å². The fraction of sp³-hybridized carbons (Fsp3) is 0.300. The quantitative estimate of drug-likeness (QED) is 0.629. The number of rotatable bonds is 8. The van der Waals surface area contributed by atoms with Gasteiger partial charge in [-0.2, -0.15) is 0 Å². The molecule has 8 nitrogen and oxygen atoms in total. The van der Waals surface area contributed by atoms with Crippen molar-refractivity contribution in [1.82, 2.24) is 9.62 Å². The van der Waals surface area contributed by atoms with E-state index in [0.29, 0.717) is 5.56 Å². The molecule has 1 atom stereocenters. The summed E-state index contributed by atoms with van der Waals surface area (Å²) >= 11 is 0. The van der Waals surface area contributed by atoms with E-state index in [2.05, 4.69) is 14.2 Å². The first kappa shape index (κ1) is 23.5. The van der Waals surface area contributed by atoms with Gasteiger partial charge in [0, 0.05) is 12.6 Å². The Morgan fingerprint density at radius 1 is 1.03 bits per heavy atom. The Balaban J connectivity index is 2.37. The minimum atomic E-state index is -4.12. The van der Waals surface area contributed by atoms with Gasteiger partial charge in [0.2, 0.25) is 10.0 Å². The Labute approximate surface area is 174 Å². The summed E-state index contributed by atoms with van der Waals surface area (Å²) in [5.74, 6) is -2.04. The monoisotopic (exact) mass is 438 g/mol. The van der Waals surface area contributed by atoms with E-state index >= 15 is 0 Å². The van der Waals surface area contributed by atoms with Gasteiger partial charge in [0.15, 0.2) is 0 Å². The first-order chi connectivity index (χ1) is 14.1. The number of carbonyl (C=O) groups is 2. The smallest absolute Gasteiger partial charge is 0.337 e. The zero-order valence-electron chi connectivity index (χ0n) is 17.0. The molecule has 0 aliphatic carbocycles. The van der Waals surface area contributed by atoms with Gasteiger partial charge in [-0.3, -0.25) is 0 Å². The van der Waals surface area contributed by atoms with Gasteiger partial charge < -0.3 is 14.4 Å². The van der Waals surface area contributed by atoms with E-state index in [1.54, 1.807) is 25.1 Å². The molecule has 30 heavy (non-hydrogen) atoms. The molecule has 1 unspecified atom stereocenters. The fourth-order valence-electron chi connectivity index (χ4n) is 2.81. The number of hydrogen-bond donors (Lipinski definition) is 1. The van der Waals surface area contributed by atoms with Crippen LogP contribution in [0.15, 0.2) is 47.4 Å². The maximum Gasteiger partial charge on any atom is 0.337 e. The Morgan fingerprint density at radius 2 is 1.60 bits per heavy atom. The summed E-state index contributed by atoms with van der Waals surface area (Å²) in [5, 5.41) is 0. The molecule has 0 saturated heterocycles. The number of benzene rings is 2. The van der Waals surface area contributed by atoms with Crippen LogP contribution in [0.4, 0.5) is 4.39 Å². The summed E-state index contributed by atoms with van der Waals surface area (Å²) in [6.07, 6.45) is 0. The lowest BCUT2D eigenvalue weighted by molar-refractivity contribution is 0.0598. The molecular formula is C20H23FN2O6S. The SMILES string of the molecule is COC(=O)c1cc(C(=O)OC)cc(S(=O)(=O)NCC(c2cccc(F)c2)N(C)C)c1. The molecule has 0 spiro atoms. The average molecular weight is 438 g/mol. The van der Waals surface area contributed by atoms with Gasteiger partial charge in [0.25, 0.3) is 0 Å². The number of nitrogens with one attached hydrogen (secondary N) is 1. The van der Waals surface area contributed by atoms with Gasteiger partial charge in [0.05, 0.1) is 30.2 Å². The molecule has 1 N–H and O–H groups in total. The molecule has 0 aromatic heterocycles. The molecule has 0 saturated carbocycles. The summed E-state index contributed by atoms with van der Waals surface area (Å²) in [4.78, 5) is 25.2. The minimum absolute atomic E-state index is 0.0746. The number of esters is 2. The second-order valence-corrected chi connectivity index (χ2v) is 8.38. The highest BCUT2D eigenvalue weighted by Gasteiger charge is 2.23. The first-order valence-corrected chi connectivity index (χ1v) is 10.3. The van der Waals surface area contributed by atoms with Gasteiger partial charge in [-0.05, 0) is 50.0 Å². The minimum Gasteiger partial charge on any atom is -0.465 e. The number of sulfonamides is 1. The Kier molecular flexibility index (Phi) is 7.65. The highest BCUT2D eigenvalue weighted by Crippen LogP contribution is 2.21. The van der Waals surface area contributed by atoms with Crippen molar-refractivity contribution in [2.75, 3.05) is 34.9 Å². The third kappa shape index (κ3) is 5.62. The molecule has 2 rings (SSSR count). The third-order valence-electron chi connectivity index (χ3n) is 4.38. The molecule has 162 valence electrons. The van der Waals surface area contributed by atoms with E-state index in [1.807, 2.05) is 0 Å². The molecule has 0 radical (unpaired) electrons. The molecule has 10 heteroatoms. The highest BCUT2D eigenvalue weighted by molar-refractivity contribution is 7.89. The van der Waals surface area contributed by atoms with Crippen LogP contribution in [0.1, 0.15) is 32.3 Å². The van der Waals surface area contributed by atoms with Crippen molar-refractivity contribution in [3.8, 4) is 0 Å². The molecule has 0 heterocycles. The largest absolute Gasteiger partial charge is 0.465 e. The first-order valence-electron chi connectivity index (χ1n) is 8.82. The van der Waals surface area contributed by atoms with Crippen LogP contribution in [-0.4, -0.2) is 60.1 Å². The summed E-state index contributed by atoms with van der Waals surface area (Å²) in [5.41, 5.74) is 0.353. The Hall–Kier alpha value is -2.82. The molecule has 0 aliphatic heterocycles. The van der Waals surface area contributed by atoms with E-state index < -0.39 is 33.8 Å². The van der Waals surface area contributed by atoms with Crippen molar-refractivity contribution in [1.29, 1.82) is 0 Å². The predicted molar refractivity (Wildman–Crippen MR) is 107 cm³/mol. The average Bonchev–Trinajstić information content (AvgIpc) is 2.72. The van der Waals surface area contributed by atoms with Gasteiger partial charge >= 0.3 is 11.9 Å². The summed E-state index contributed by atoms with van der Waals surface area (Å²) in [6, 6.07) is 8.79. The van der Waals surface area contributed by atoms with Crippen molar-refractivity contribution in [2.45, 2.75) is 10.9 Å². The second-order valence-electron chi connectivity index (χ2n) is 6.62. The molecule has 2 aromatic carbocycles. The zero-order valence-corrected chi connectivity index (χ0v) is 17.8. The maximum atomic E-state index is 13.6. The van der Waals surface area contributed by atoms with Gasteiger partial charge in [0.1, 0.15) is 5.82 Å². The van der Waals surface area contributed by atoms with Crippen LogP contribution in [0.5, 0.6) is 0 Å². The van der Waals surface area contributed by atoms with Crippen molar-refractivity contribution in [3.63, 3.8) is 0 Å². The van der Waals surface area contributed by atoms with Gasteiger partial charge in [-0.15, -0.1) is 0 Å². The van der Waals surface area contributed by atoms with E-state index in [4.69, 9.17) is 0 Å².